The van der Waals surface area contributed by atoms with Crippen molar-refractivity contribution in [1.82, 2.24) is 19.3 Å². The molecule has 0 saturated carbocycles. The number of nitrogen functional groups attached to an aromatic ring is 1. The first kappa shape index (κ1) is 9.08. The van der Waals surface area contributed by atoms with Crippen molar-refractivity contribution in [2.24, 2.45) is 14.1 Å². The topological polar surface area (TPSA) is 61.7 Å². The molecule has 2 aromatic rings. The lowest BCUT2D eigenvalue weighted by Crippen LogP contribution is -1.97. The summed E-state index contributed by atoms with van der Waals surface area (Å²) < 4.78 is 3.36. The molecular formula is C8H10ClN5. The molecule has 14 heavy (non-hydrogen) atoms. The highest BCUT2D eigenvalue weighted by Crippen LogP contribution is 2.21. The molecule has 0 fully saturated rings. The molecule has 0 unspecified atom stereocenters. The number of rotatable bonds is 1. The second-order valence-corrected chi connectivity index (χ2v) is 3.39. The van der Waals surface area contributed by atoms with Crippen LogP contribution in [0.4, 0.5) is 5.82 Å². The van der Waals surface area contributed by atoms with Gasteiger partial charge in [-0.15, -0.1) is 0 Å². The molecule has 0 aliphatic heterocycles. The van der Waals surface area contributed by atoms with Gasteiger partial charge >= 0.3 is 0 Å². The third kappa shape index (κ3) is 1.26. The van der Waals surface area contributed by atoms with E-state index < -0.39 is 0 Å². The molecule has 0 atom stereocenters. The zero-order valence-corrected chi connectivity index (χ0v) is 8.65. The van der Waals surface area contributed by atoms with Gasteiger partial charge in [0.25, 0.3) is 0 Å². The van der Waals surface area contributed by atoms with Crippen LogP contribution in [-0.2, 0) is 14.1 Å². The largest absolute Gasteiger partial charge is 0.384 e. The van der Waals surface area contributed by atoms with E-state index in [4.69, 9.17) is 17.3 Å². The van der Waals surface area contributed by atoms with Crippen LogP contribution >= 0.6 is 11.6 Å². The van der Waals surface area contributed by atoms with Gasteiger partial charge in [-0.25, -0.2) is 4.98 Å². The van der Waals surface area contributed by atoms with Crippen LogP contribution in [0.15, 0.2) is 12.3 Å². The molecule has 0 aliphatic rings. The van der Waals surface area contributed by atoms with Gasteiger partial charge in [-0.1, -0.05) is 0 Å². The van der Waals surface area contributed by atoms with E-state index in [1.54, 1.807) is 28.6 Å². The van der Waals surface area contributed by atoms with Crippen molar-refractivity contribution in [2.75, 3.05) is 5.73 Å². The fraction of sp³-hybridized carbons (Fsp3) is 0.250. The van der Waals surface area contributed by atoms with Gasteiger partial charge in [0.05, 0.1) is 11.9 Å². The SMILES string of the molecule is Cn1nc(-c2cnc(Cl)n2C)cc1N. The minimum absolute atomic E-state index is 0.434. The normalized spacial score (nSPS) is 10.8. The molecule has 0 amide bonds. The highest BCUT2D eigenvalue weighted by Gasteiger charge is 2.10. The summed E-state index contributed by atoms with van der Waals surface area (Å²) >= 11 is 5.81. The number of aromatic nitrogens is 4. The summed E-state index contributed by atoms with van der Waals surface area (Å²) in [6.07, 6.45) is 1.67. The Morgan fingerprint density at radius 1 is 1.43 bits per heavy atom. The average Bonchev–Trinajstić information content (AvgIpc) is 2.61. The predicted octanol–water partition coefficient (Wildman–Crippen LogP) is 1.06. The third-order valence-electron chi connectivity index (χ3n) is 2.11. The lowest BCUT2D eigenvalue weighted by atomic mass is 10.3. The first-order valence-corrected chi connectivity index (χ1v) is 4.44. The van der Waals surface area contributed by atoms with Crippen LogP contribution in [0.2, 0.25) is 5.28 Å². The number of nitrogens with two attached hydrogens (primary N) is 1. The quantitative estimate of drug-likeness (QED) is 0.767. The van der Waals surface area contributed by atoms with Crippen molar-refractivity contribution in [3.8, 4) is 11.4 Å². The Balaban J connectivity index is 2.54. The molecule has 0 aliphatic carbocycles. The second kappa shape index (κ2) is 3.02. The number of imidazole rings is 1. The molecule has 5 nitrogen and oxygen atoms in total. The summed E-state index contributed by atoms with van der Waals surface area (Å²) in [5.74, 6) is 0.609. The summed E-state index contributed by atoms with van der Waals surface area (Å²) in [5.41, 5.74) is 7.29. The standard InChI is InChI=1S/C8H10ClN5/c1-13-6(4-11-8(13)9)5-3-7(10)14(2)12-5/h3-4H,10H2,1-2H3. The van der Waals surface area contributed by atoms with Crippen molar-refractivity contribution in [3.05, 3.63) is 17.5 Å². The number of hydrogen-bond donors (Lipinski definition) is 1. The van der Waals surface area contributed by atoms with Gasteiger partial charge in [-0.05, 0) is 11.6 Å². The molecule has 2 N–H and O–H groups in total. The van der Waals surface area contributed by atoms with Gasteiger partial charge in [-0.2, -0.15) is 5.10 Å². The smallest absolute Gasteiger partial charge is 0.202 e. The molecule has 2 rings (SSSR count). The third-order valence-corrected chi connectivity index (χ3v) is 2.46. The maximum absolute atomic E-state index is 5.81. The van der Waals surface area contributed by atoms with Crippen LogP contribution in [0.3, 0.4) is 0 Å². The molecule has 2 aromatic heterocycles. The van der Waals surface area contributed by atoms with Crippen molar-refractivity contribution < 1.29 is 0 Å². The zero-order valence-electron chi connectivity index (χ0n) is 7.90. The van der Waals surface area contributed by atoms with Crippen LogP contribution < -0.4 is 5.73 Å². The fourth-order valence-corrected chi connectivity index (χ4v) is 1.37. The van der Waals surface area contributed by atoms with E-state index in [-0.39, 0.29) is 0 Å². The Bertz CT molecular complexity index is 451. The number of aryl methyl sites for hydroxylation is 1. The maximum atomic E-state index is 5.81. The highest BCUT2D eigenvalue weighted by atomic mass is 35.5. The maximum Gasteiger partial charge on any atom is 0.202 e. The fourth-order valence-electron chi connectivity index (χ4n) is 1.23. The molecule has 0 radical (unpaired) electrons. The van der Waals surface area contributed by atoms with Gasteiger partial charge < -0.3 is 10.3 Å². The van der Waals surface area contributed by atoms with Crippen LogP contribution in [-0.4, -0.2) is 19.3 Å². The van der Waals surface area contributed by atoms with Crippen LogP contribution in [0.5, 0.6) is 0 Å². The van der Waals surface area contributed by atoms with E-state index in [1.807, 2.05) is 7.05 Å². The lowest BCUT2D eigenvalue weighted by molar-refractivity contribution is 0.778. The molecular weight excluding hydrogens is 202 g/mol. The Labute approximate surface area is 86.1 Å². The Kier molecular flexibility index (Phi) is 1.96. The summed E-state index contributed by atoms with van der Waals surface area (Å²) in [4.78, 5) is 3.97. The molecule has 0 spiro atoms. The monoisotopic (exact) mass is 211 g/mol. The summed E-state index contributed by atoms with van der Waals surface area (Å²) in [7, 11) is 3.62. The van der Waals surface area contributed by atoms with Crippen molar-refractivity contribution in [2.45, 2.75) is 0 Å². The predicted molar refractivity (Wildman–Crippen MR) is 54.8 cm³/mol. The average molecular weight is 212 g/mol. The minimum Gasteiger partial charge on any atom is -0.384 e. The number of halogens is 1. The van der Waals surface area contributed by atoms with Crippen molar-refractivity contribution in [3.63, 3.8) is 0 Å². The molecule has 74 valence electrons. The highest BCUT2D eigenvalue weighted by molar-refractivity contribution is 6.28. The van der Waals surface area contributed by atoms with Gasteiger partial charge in [0, 0.05) is 20.2 Å². The van der Waals surface area contributed by atoms with E-state index in [9.17, 15) is 0 Å². The Hall–Kier alpha value is -1.49. The van der Waals surface area contributed by atoms with E-state index in [0.717, 1.165) is 11.4 Å². The van der Waals surface area contributed by atoms with Crippen LogP contribution in [0.1, 0.15) is 0 Å². The van der Waals surface area contributed by atoms with Gasteiger partial charge in [0.1, 0.15) is 11.5 Å². The molecule has 6 heteroatoms. The van der Waals surface area contributed by atoms with E-state index >= 15 is 0 Å². The molecule has 0 aromatic carbocycles. The Morgan fingerprint density at radius 2 is 2.14 bits per heavy atom. The first-order valence-electron chi connectivity index (χ1n) is 4.06. The summed E-state index contributed by atoms with van der Waals surface area (Å²) in [5, 5.41) is 4.66. The van der Waals surface area contributed by atoms with E-state index in [1.165, 1.54) is 0 Å². The number of hydrogen-bond acceptors (Lipinski definition) is 3. The molecule has 2 heterocycles. The number of nitrogens with zero attached hydrogens (tertiary/aromatic N) is 4. The van der Waals surface area contributed by atoms with Crippen molar-refractivity contribution in [1.29, 1.82) is 0 Å². The zero-order chi connectivity index (χ0) is 10.3. The van der Waals surface area contributed by atoms with E-state index in [2.05, 4.69) is 10.1 Å². The van der Waals surface area contributed by atoms with E-state index in [0.29, 0.717) is 11.1 Å². The summed E-state index contributed by atoms with van der Waals surface area (Å²) in [6.45, 7) is 0. The Morgan fingerprint density at radius 3 is 2.57 bits per heavy atom. The van der Waals surface area contributed by atoms with Crippen LogP contribution in [0, 0.1) is 0 Å². The molecule has 0 bridgehead atoms. The van der Waals surface area contributed by atoms with Gasteiger partial charge in [0.2, 0.25) is 5.28 Å². The number of anilines is 1. The lowest BCUT2D eigenvalue weighted by Gasteiger charge is -1.97. The summed E-state index contributed by atoms with van der Waals surface area (Å²) in [6, 6.07) is 1.79. The minimum atomic E-state index is 0.434. The molecule has 0 saturated heterocycles. The van der Waals surface area contributed by atoms with Gasteiger partial charge in [0.15, 0.2) is 0 Å². The second-order valence-electron chi connectivity index (χ2n) is 3.05. The van der Waals surface area contributed by atoms with Crippen LogP contribution in [0.25, 0.3) is 11.4 Å². The van der Waals surface area contributed by atoms with Gasteiger partial charge in [-0.3, -0.25) is 4.68 Å². The van der Waals surface area contributed by atoms with Crippen molar-refractivity contribution >= 4 is 17.4 Å². The first-order chi connectivity index (χ1) is 6.59.